The van der Waals surface area contributed by atoms with Crippen molar-refractivity contribution in [2.45, 2.75) is 6.42 Å². The maximum Gasteiger partial charge on any atom is 0.308 e. The van der Waals surface area contributed by atoms with Crippen LogP contribution in [0.4, 0.5) is 0 Å². The predicted octanol–water partition coefficient (Wildman–Crippen LogP) is -0.401. The molecule has 1 rings (SSSR count). The van der Waals surface area contributed by atoms with E-state index in [1.165, 1.54) is 4.90 Å². The molecule has 1 saturated heterocycles. The molecule has 1 heterocycles. The van der Waals surface area contributed by atoms with Gasteiger partial charge >= 0.3 is 5.97 Å². The van der Waals surface area contributed by atoms with Gasteiger partial charge in [0.2, 0.25) is 5.91 Å². The Balaban J connectivity index is 2.01. The van der Waals surface area contributed by atoms with Crippen LogP contribution in [0.5, 0.6) is 0 Å². The van der Waals surface area contributed by atoms with Crippen molar-refractivity contribution in [3.63, 3.8) is 0 Å². The van der Waals surface area contributed by atoms with E-state index in [9.17, 15) is 9.59 Å². The van der Waals surface area contributed by atoms with Gasteiger partial charge in [-0.1, -0.05) is 0 Å². The molecule has 110 valence electrons. The Morgan fingerprint density at radius 2 is 1.89 bits per heavy atom. The molecule has 0 saturated carbocycles. The Labute approximate surface area is 112 Å². The zero-order valence-electron chi connectivity index (χ0n) is 11.2. The lowest BCUT2D eigenvalue weighted by Gasteiger charge is -2.15. The molecule has 0 radical (unpaired) electrons. The monoisotopic (exact) mass is 275 g/mol. The highest BCUT2D eigenvalue weighted by atomic mass is 16.5. The second-order valence-corrected chi connectivity index (χ2v) is 4.30. The molecule has 0 aromatic rings. The summed E-state index contributed by atoms with van der Waals surface area (Å²) in [5.74, 6) is -1.61. The third-order valence-electron chi connectivity index (χ3n) is 2.87. The lowest BCUT2D eigenvalue weighted by Crippen LogP contribution is -2.30. The molecule has 0 aromatic carbocycles. The van der Waals surface area contributed by atoms with E-state index in [0.29, 0.717) is 39.6 Å². The second kappa shape index (κ2) is 8.84. The van der Waals surface area contributed by atoms with Crippen LogP contribution < -0.4 is 0 Å². The number of methoxy groups -OCH3 is 1. The number of carbonyl (C=O) groups excluding carboxylic acids is 1. The Hall–Kier alpha value is -1.18. The summed E-state index contributed by atoms with van der Waals surface area (Å²) in [7, 11) is 1.61. The molecule has 0 spiro atoms. The first-order valence-electron chi connectivity index (χ1n) is 6.30. The maximum absolute atomic E-state index is 11.5. The minimum atomic E-state index is -0.914. The average molecular weight is 275 g/mol. The fourth-order valence-electron chi connectivity index (χ4n) is 1.79. The minimum Gasteiger partial charge on any atom is -0.481 e. The lowest BCUT2D eigenvalue weighted by atomic mass is 10.1. The number of hydrogen-bond acceptors (Lipinski definition) is 5. The zero-order valence-corrected chi connectivity index (χ0v) is 11.2. The molecule has 1 amide bonds. The van der Waals surface area contributed by atoms with Crippen molar-refractivity contribution in [1.82, 2.24) is 4.90 Å². The van der Waals surface area contributed by atoms with Gasteiger partial charge in [-0.05, 0) is 0 Å². The maximum atomic E-state index is 11.5. The molecule has 1 unspecified atom stereocenters. The van der Waals surface area contributed by atoms with Crippen molar-refractivity contribution in [3.05, 3.63) is 0 Å². The minimum absolute atomic E-state index is 0.0927. The van der Waals surface area contributed by atoms with E-state index in [2.05, 4.69) is 0 Å². The fraction of sp³-hybridized carbons (Fsp3) is 0.833. The Kier molecular flexibility index (Phi) is 7.39. The van der Waals surface area contributed by atoms with Crippen LogP contribution >= 0.6 is 0 Å². The number of carboxylic acids is 1. The Bertz CT molecular complexity index is 296. The summed E-state index contributed by atoms with van der Waals surface area (Å²) in [5.41, 5.74) is 0. The Morgan fingerprint density at radius 1 is 1.26 bits per heavy atom. The van der Waals surface area contributed by atoms with Crippen LogP contribution in [0, 0.1) is 5.92 Å². The number of ether oxygens (including phenoxy) is 3. The Morgan fingerprint density at radius 3 is 2.47 bits per heavy atom. The highest BCUT2D eigenvalue weighted by Crippen LogP contribution is 2.17. The molecule has 7 heteroatoms. The third-order valence-corrected chi connectivity index (χ3v) is 2.87. The van der Waals surface area contributed by atoms with Gasteiger partial charge in [-0.25, -0.2) is 0 Å². The summed E-state index contributed by atoms with van der Waals surface area (Å²) in [6, 6.07) is 0. The van der Waals surface area contributed by atoms with Gasteiger partial charge in [0.15, 0.2) is 0 Å². The van der Waals surface area contributed by atoms with Gasteiger partial charge in [0.05, 0.1) is 39.0 Å². The second-order valence-electron chi connectivity index (χ2n) is 4.30. The largest absolute Gasteiger partial charge is 0.481 e. The van der Waals surface area contributed by atoms with E-state index in [0.717, 1.165) is 0 Å². The highest BCUT2D eigenvalue weighted by Gasteiger charge is 2.33. The van der Waals surface area contributed by atoms with Crippen LogP contribution in [0.25, 0.3) is 0 Å². The first-order chi connectivity index (χ1) is 9.15. The SMILES string of the molecule is COCCOCCOCCN1CC(C(=O)O)CC1=O. The van der Waals surface area contributed by atoms with Crippen LogP contribution in [0.15, 0.2) is 0 Å². The van der Waals surface area contributed by atoms with Crippen molar-refractivity contribution >= 4 is 11.9 Å². The predicted molar refractivity (Wildman–Crippen MR) is 65.8 cm³/mol. The molecule has 0 aromatic heterocycles. The van der Waals surface area contributed by atoms with Crippen LogP contribution in [0.3, 0.4) is 0 Å². The van der Waals surface area contributed by atoms with E-state index >= 15 is 0 Å². The smallest absolute Gasteiger partial charge is 0.308 e. The number of aliphatic carboxylic acids is 1. The molecule has 1 aliphatic heterocycles. The first kappa shape index (κ1) is 15.9. The van der Waals surface area contributed by atoms with E-state index in [1.807, 2.05) is 0 Å². The van der Waals surface area contributed by atoms with Gasteiger partial charge in [-0.3, -0.25) is 9.59 Å². The van der Waals surface area contributed by atoms with Crippen molar-refractivity contribution in [2.24, 2.45) is 5.92 Å². The molecule has 1 fully saturated rings. The molecule has 19 heavy (non-hydrogen) atoms. The number of amides is 1. The van der Waals surface area contributed by atoms with Crippen molar-refractivity contribution in [2.75, 3.05) is 53.2 Å². The highest BCUT2D eigenvalue weighted by molar-refractivity contribution is 5.86. The summed E-state index contributed by atoms with van der Waals surface area (Å²) in [6.07, 6.45) is 0.0927. The summed E-state index contributed by atoms with van der Waals surface area (Å²) >= 11 is 0. The number of carbonyl (C=O) groups is 2. The number of hydrogen-bond donors (Lipinski definition) is 1. The van der Waals surface area contributed by atoms with Gasteiger partial charge in [0.1, 0.15) is 0 Å². The molecule has 1 aliphatic rings. The molecule has 0 aliphatic carbocycles. The van der Waals surface area contributed by atoms with Crippen molar-refractivity contribution in [1.29, 1.82) is 0 Å². The van der Waals surface area contributed by atoms with Gasteiger partial charge in [0.25, 0.3) is 0 Å². The third kappa shape index (κ3) is 6.00. The molecule has 1 atom stereocenters. The number of nitrogens with zero attached hydrogens (tertiary/aromatic N) is 1. The summed E-state index contributed by atoms with van der Waals surface area (Å²) in [6.45, 7) is 3.13. The summed E-state index contributed by atoms with van der Waals surface area (Å²) in [5, 5.41) is 8.82. The molecular formula is C12H21NO6. The molecule has 1 N–H and O–H groups in total. The number of rotatable bonds is 10. The first-order valence-corrected chi connectivity index (χ1v) is 6.30. The topological polar surface area (TPSA) is 85.3 Å². The standard InChI is InChI=1S/C12H21NO6/c1-17-4-5-19-7-6-18-3-2-13-9-10(12(15)16)8-11(13)14/h10H,2-9H2,1H3,(H,15,16). The summed E-state index contributed by atoms with van der Waals surface area (Å²) < 4.78 is 15.3. The van der Waals surface area contributed by atoms with E-state index in [1.54, 1.807) is 7.11 Å². The zero-order chi connectivity index (χ0) is 14.1. The molecule has 0 bridgehead atoms. The molecule has 7 nitrogen and oxygen atoms in total. The lowest BCUT2D eigenvalue weighted by molar-refractivity contribution is -0.141. The van der Waals surface area contributed by atoms with Crippen LogP contribution in [0.2, 0.25) is 0 Å². The number of carboxylic acid groups (broad SMARTS) is 1. The van der Waals surface area contributed by atoms with Gasteiger partial charge in [0, 0.05) is 26.6 Å². The van der Waals surface area contributed by atoms with E-state index < -0.39 is 11.9 Å². The molecular weight excluding hydrogens is 254 g/mol. The van der Waals surface area contributed by atoms with Crippen LogP contribution in [-0.2, 0) is 23.8 Å². The quantitative estimate of drug-likeness (QED) is 0.546. The van der Waals surface area contributed by atoms with Crippen LogP contribution in [0.1, 0.15) is 6.42 Å². The van der Waals surface area contributed by atoms with Crippen molar-refractivity contribution in [3.8, 4) is 0 Å². The fourth-order valence-corrected chi connectivity index (χ4v) is 1.79. The van der Waals surface area contributed by atoms with Gasteiger partial charge < -0.3 is 24.2 Å². The van der Waals surface area contributed by atoms with Gasteiger partial charge in [-0.2, -0.15) is 0 Å². The van der Waals surface area contributed by atoms with Crippen molar-refractivity contribution < 1.29 is 28.9 Å². The average Bonchev–Trinajstić information content (AvgIpc) is 2.74. The normalized spacial score (nSPS) is 19.1. The summed E-state index contributed by atoms with van der Waals surface area (Å²) in [4.78, 5) is 23.8. The van der Waals surface area contributed by atoms with E-state index in [4.69, 9.17) is 19.3 Å². The van der Waals surface area contributed by atoms with Gasteiger partial charge in [-0.15, -0.1) is 0 Å². The van der Waals surface area contributed by atoms with E-state index in [-0.39, 0.29) is 18.9 Å². The van der Waals surface area contributed by atoms with Crippen LogP contribution in [-0.4, -0.2) is 75.1 Å². The number of likely N-dealkylation sites (tertiary alicyclic amines) is 1.